The summed E-state index contributed by atoms with van der Waals surface area (Å²) in [4.78, 5) is 0. The predicted octanol–water partition coefficient (Wildman–Crippen LogP) is 1.61. The second-order valence-electron chi connectivity index (χ2n) is 2.35. The highest BCUT2D eigenvalue weighted by atomic mass is 127. The van der Waals surface area contributed by atoms with Crippen LogP contribution in [0.4, 0.5) is 4.39 Å². The topological polar surface area (TPSA) is 54.5 Å². The van der Waals surface area contributed by atoms with Gasteiger partial charge < -0.3 is 0 Å². The van der Waals surface area contributed by atoms with Gasteiger partial charge >= 0.3 is 0 Å². The Morgan fingerprint density at radius 3 is 2.85 bits per heavy atom. The zero-order chi connectivity index (χ0) is 9.26. The summed E-state index contributed by atoms with van der Waals surface area (Å²) in [5.74, 6) is 0.0213. The third-order valence-electron chi connectivity index (χ3n) is 1.54. The lowest BCUT2D eigenvalue weighted by molar-refractivity contribution is 0.629. The Morgan fingerprint density at radius 1 is 1.38 bits per heavy atom. The predicted molar refractivity (Wildman–Crippen MR) is 52.3 cm³/mol. The molecule has 0 radical (unpaired) electrons. The Balaban J connectivity index is 2.64. The Kier molecular flexibility index (Phi) is 2.21. The van der Waals surface area contributed by atoms with Crippen LogP contribution in [-0.4, -0.2) is 20.6 Å². The number of tetrazole rings is 1. The molecular weight excluding hydrogens is 286 g/mol. The van der Waals surface area contributed by atoms with Crippen molar-refractivity contribution < 1.29 is 4.39 Å². The van der Waals surface area contributed by atoms with Crippen molar-refractivity contribution in [1.82, 2.24) is 20.6 Å². The second kappa shape index (κ2) is 3.36. The number of rotatable bonds is 1. The summed E-state index contributed by atoms with van der Waals surface area (Å²) < 4.78 is 14.1. The maximum atomic E-state index is 13.3. The van der Waals surface area contributed by atoms with E-state index in [1.165, 1.54) is 6.07 Å². The molecule has 0 aliphatic rings. The van der Waals surface area contributed by atoms with Crippen LogP contribution >= 0.6 is 22.6 Å². The molecule has 0 bridgehead atoms. The van der Waals surface area contributed by atoms with E-state index in [0.29, 0.717) is 11.4 Å². The molecule has 2 rings (SSSR count). The monoisotopic (exact) mass is 290 g/mol. The molecule has 2 aromatic rings. The molecule has 0 spiro atoms. The molecule has 1 heterocycles. The van der Waals surface area contributed by atoms with Crippen LogP contribution in [0.5, 0.6) is 0 Å². The van der Waals surface area contributed by atoms with E-state index < -0.39 is 0 Å². The van der Waals surface area contributed by atoms with Gasteiger partial charge in [0.2, 0.25) is 0 Å². The average molecular weight is 290 g/mol. The van der Waals surface area contributed by atoms with E-state index in [1.54, 1.807) is 12.1 Å². The Labute approximate surface area is 86.7 Å². The lowest BCUT2D eigenvalue weighted by Gasteiger charge is -1.99. The highest BCUT2D eigenvalue weighted by Crippen LogP contribution is 2.23. The minimum atomic E-state index is -0.328. The average Bonchev–Trinajstić information content (AvgIpc) is 2.57. The molecule has 1 N–H and O–H groups in total. The quantitative estimate of drug-likeness (QED) is 0.812. The van der Waals surface area contributed by atoms with Crippen LogP contribution in [0.2, 0.25) is 0 Å². The fourth-order valence-electron chi connectivity index (χ4n) is 0.989. The minimum Gasteiger partial charge on any atom is -0.239 e. The number of halogens is 2. The number of nitrogens with one attached hydrogen (secondary N) is 1. The van der Waals surface area contributed by atoms with Crippen molar-refractivity contribution in [2.75, 3.05) is 0 Å². The van der Waals surface area contributed by atoms with Gasteiger partial charge in [0, 0.05) is 3.57 Å². The lowest BCUT2D eigenvalue weighted by Crippen LogP contribution is -1.90. The van der Waals surface area contributed by atoms with Crippen LogP contribution in [0.3, 0.4) is 0 Å². The number of hydrogen-bond acceptors (Lipinski definition) is 3. The van der Waals surface area contributed by atoms with E-state index in [0.717, 1.165) is 3.57 Å². The van der Waals surface area contributed by atoms with Crippen molar-refractivity contribution in [1.29, 1.82) is 0 Å². The third kappa shape index (κ3) is 1.53. The summed E-state index contributed by atoms with van der Waals surface area (Å²) in [6, 6.07) is 4.81. The van der Waals surface area contributed by atoms with Crippen molar-refractivity contribution in [2.45, 2.75) is 0 Å². The fourth-order valence-corrected chi connectivity index (χ4v) is 1.71. The van der Waals surface area contributed by atoms with Crippen molar-refractivity contribution in [3.8, 4) is 11.4 Å². The van der Waals surface area contributed by atoms with Crippen molar-refractivity contribution in [3.63, 3.8) is 0 Å². The zero-order valence-electron chi connectivity index (χ0n) is 6.33. The van der Waals surface area contributed by atoms with Crippen LogP contribution in [0.25, 0.3) is 11.4 Å². The second-order valence-corrected chi connectivity index (χ2v) is 3.51. The van der Waals surface area contributed by atoms with Crippen LogP contribution in [0.1, 0.15) is 0 Å². The fraction of sp³-hybridized carbons (Fsp3) is 0. The molecule has 4 nitrogen and oxygen atoms in total. The van der Waals surface area contributed by atoms with E-state index in [2.05, 4.69) is 20.6 Å². The first kappa shape index (κ1) is 8.54. The van der Waals surface area contributed by atoms with E-state index >= 15 is 0 Å². The van der Waals surface area contributed by atoms with Gasteiger partial charge in [0.1, 0.15) is 5.82 Å². The maximum Gasteiger partial charge on any atom is 0.183 e. The van der Waals surface area contributed by atoms with Gasteiger partial charge in [-0.15, -0.1) is 5.10 Å². The van der Waals surface area contributed by atoms with Crippen LogP contribution in [0, 0.1) is 9.39 Å². The first-order valence-electron chi connectivity index (χ1n) is 3.47. The summed E-state index contributed by atoms with van der Waals surface area (Å²) in [5.41, 5.74) is 0.410. The summed E-state index contributed by atoms with van der Waals surface area (Å²) in [5, 5.41) is 12.9. The molecular formula is C7H4FIN4. The minimum absolute atomic E-state index is 0.328. The molecule has 6 heteroatoms. The molecule has 0 saturated carbocycles. The normalized spacial score (nSPS) is 10.3. The summed E-state index contributed by atoms with van der Waals surface area (Å²) >= 11 is 2.03. The first-order valence-corrected chi connectivity index (χ1v) is 4.55. The zero-order valence-corrected chi connectivity index (χ0v) is 8.49. The van der Waals surface area contributed by atoms with E-state index in [-0.39, 0.29) is 5.82 Å². The smallest absolute Gasteiger partial charge is 0.183 e. The molecule has 0 amide bonds. The lowest BCUT2D eigenvalue weighted by atomic mass is 10.2. The molecule has 13 heavy (non-hydrogen) atoms. The largest absolute Gasteiger partial charge is 0.239 e. The molecule has 1 aromatic heterocycles. The van der Waals surface area contributed by atoms with Gasteiger partial charge in [-0.25, -0.2) is 9.49 Å². The Morgan fingerprint density at radius 2 is 2.23 bits per heavy atom. The van der Waals surface area contributed by atoms with Crippen LogP contribution in [-0.2, 0) is 0 Å². The highest BCUT2D eigenvalue weighted by molar-refractivity contribution is 14.1. The van der Waals surface area contributed by atoms with Gasteiger partial charge in [-0.05, 0) is 45.2 Å². The van der Waals surface area contributed by atoms with Crippen molar-refractivity contribution >= 4 is 22.6 Å². The van der Waals surface area contributed by atoms with Crippen molar-refractivity contribution in [2.24, 2.45) is 0 Å². The Bertz CT molecular complexity index is 394. The van der Waals surface area contributed by atoms with Crippen LogP contribution < -0.4 is 0 Å². The Hall–Kier alpha value is -1.05. The van der Waals surface area contributed by atoms with Gasteiger partial charge in [0.25, 0.3) is 0 Å². The van der Waals surface area contributed by atoms with Gasteiger partial charge in [-0.2, -0.15) is 0 Å². The molecule has 0 atom stereocenters. The van der Waals surface area contributed by atoms with Gasteiger partial charge in [0.05, 0.1) is 5.56 Å². The number of nitrogens with zero attached hydrogens (tertiary/aromatic N) is 3. The number of aromatic nitrogens is 4. The van der Waals surface area contributed by atoms with Crippen LogP contribution in [0.15, 0.2) is 18.2 Å². The van der Waals surface area contributed by atoms with E-state index in [1.807, 2.05) is 22.6 Å². The first-order chi connectivity index (χ1) is 6.29. The highest BCUT2D eigenvalue weighted by Gasteiger charge is 2.11. The van der Waals surface area contributed by atoms with E-state index in [4.69, 9.17) is 0 Å². The number of aromatic amines is 1. The molecule has 1 aromatic carbocycles. The summed E-state index contributed by atoms with van der Waals surface area (Å²) in [6.07, 6.45) is 0. The molecule has 0 aliphatic heterocycles. The molecule has 66 valence electrons. The third-order valence-corrected chi connectivity index (χ3v) is 2.44. The van der Waals surface area contributed by atoms with E-state index in [9.17, 15) is 4.39 Å². The number of hydrogen-bond donors (Lipinski definition) is 1. The SMILES string of the molecule is Fc1cccc(I)c1-c1nnn[nH]1. The molecule has 0 saturated heterocycles. The summed E-state index contributed by atoms with van der Waals surface area (Å²) in [6.45, 7) is 0. The molecule has 0 aliphatic carbocycles. The number of H-pyrrole nitrogens is 1. The summed E-state index contributed by atoms with van der Waals surface area (Å²) in [7, 11) is 0. The van der Waals surface area contributed by atoms with Gasteiger partial charge in [0.15, 0.2) is 5.82 Å². The molecule has 0 unspecified atom stereocenters. The standard InChI is InChI=1S/C7H4FIN4/c8-4-2-1-3-5(9)6(4)7-10-12-13-11-7/h1-3H,(H,10,11,12,13). The number of benzene rings is 1. The van der Waals surface area contributed by atoms with Gasteiger partial charge in [-0.1, -0.05) is 6.07 Å². The van der Waals surface area contributed by atoms with Crippen molar-refractivity contribution in [3.05, 3.63) is 27.6 Å². The molecule has 0 fully saturated rings. The van der Waals surface area contributed by atoms with Gasteiger partial charge in [-0.3, -0.25) is 0 Å². The maximum absolute atomic E-state index is 13.3.